The number of amides is 1. The second-order valence-corrected chi connectivity index (χ2v) is 6.32. The van der Waals surface area contributed by atoms with Crippen LogP contribution in [0.15, 0.2) is 53.2 Å². The van der Waals surface area contributed by atoms with Gasteiger partial charge in [-0.2, -0.15) is 0 Å². The predicted molar refractivity (Wildman–Crippen MR) is 107 cm³/mol. The van der Waals surface area contributed by atoms with Gasteiger partial charge in [0.15, 0.2) is 0 Å². The number of fused-ring (bicyclic) bond motifs is 1. The van der Waals surface area contributed by atoms with Gasteiger partial charge in [0, 0.05) is 40.9 Å². The van der Waals surface area contributed by atoms with E-state index in [0.717, 1.165) is 22.1 Å². The number of rotatable bonds is 6. The van der Waals surface area contributed by atoms with E-state index in [4.69, 9.17) is 9.15 Å². The molecule has 7 nitrogen and oxygen atoms in total. The summed E-state index contributed by atoms with van der Waals surface area (Å²) in [5.41, 5.74) is 3.47. The Hall–Kier alpha value is -3.61. The zero-order chi connectivity index (χ0) is 20.3. The number of non-ortho nitro benzene ring substituents is 1. The fourth-order valence-corrected chi connectivity index (χ4v) is 2.92. The van der Waals surface area contributed by atoms with Crippen LogP contribution in [0.25, 0.3) is 16.5 Å². The molecule has 0 fully saturated rings. The Morgan fingerprint density at radius 3 is 2.82 bits per heavy atom. The van der Waals surface area contributed by atoms with Crippen molar-refractivity contribution in [2.75, 3.05) is 11.9 Å². The molecule has 0 saturated heterocycles. The van der Waals surface area contributed by atoms with Gasteiger partial charge in [-0.15, -0.1) is 0 Å². The van der Waals surface area contributed by atoms with E-state index in [0.29, 0.717) is 23.6 Å². The van der Waals surface area contributed by atoms with E-state index in [1.54, 1.807) is 12.3 Å². The first-order valence-corrected chi connectivity index (χ1v) is 8.77. The molecule has 2 aromatic carbocycles. The summed E-state index contributed by atoms with van der Waals surface area (Å²) in [6.07, 6.45) is 3.12. The number of nitrogens with zero attached hydrogens (tertiary/aromatic N) is 1. The van der Waals surface area contributed by atoms with Crippen LogP contribution in [0.1, 0.15) is 25.0 Å². The monoisotopic (exact) mass is 380 g/mol. The van der Waals surface area contributed by atoms with E-state index in [9.17, 15) is 14.9 Å². The fourth-order valence-electron chi connectivity index (χ4n) is 2.92. The molecule has 0 bridgehead atoms. The van der Waals surface area contributed by atoms with Gasteiger partial charge in [0.25, 0.3) is 5.69 Å². The van der Waals surface area contributed by atoms with Gasteiger partial charge >= 0.3 is 0 Å². The molecule has 7 heteroatoms. The molecule has 0 atom stereocenters. The highest BCUT2D eigenvalue weighted by atomic mass is 16.6. The highest BCUT2D eigenvalue weighted by Crippen LogP contribution is 2.33. The van der Waals surface area contributed by atoms with E-state index in [2.05, 4.69) is 5.32 Å². The van der Waals surface area contributed by atoms with Crippen LogP contribution in [-0.2, 0) is 4.79 Å². The number of anilines is 1. The maximum Gasteiger partial charge on any atom is 0.271 e. The molecule has 0 spiro atoms. The van der Waals surface area contributed by atoms with Gasteiger partial charge in [-0.1, -0.05) is 6.07 Å². The molecule has 0 aliphatic heterocycles. The topological polar surface area (TPSA) is 94.6 Å². The lowest BCUT2D eigenvalue weighted by Crippen LogP contribution is -2.09. The highest BCUT2D eigenvalue weighted by Gasteiger charge is 2.13. The van der Waals surface area contributed by atoms with Gasteiger partial charge in [0.05, 0.1) is 17.8 Å². The standard InChI is InChI=1S/C21H20N2O5/c1-4-27-19-11-20-18(14(3)12-28-20)10-17(19)13(2)8-21(24)22-15-6-5-7-16(9-15)23(25)26/h5-12H,4H2,1-3H3,(H,22,24)/b13-8+. The molecular formula is C21H20N2O5. The second-order valence-electron chi connectivity index (χ2n) is 6.32. The van der Waals surface area contributed by atoms with Crippen molar-refractivity contribution in [2.45, 2.75) is 20.8 Å². The first kappa shape index (κ1) is 19.2. The smallest absolute Gasteiger partial charge is 0.271 e. The van der Waals surface area contributed by atoms with Crippen LogP contribution in [0.2, 0.25) is 0 Å². The van der Waals surface area contributed by atoms with Gasteiger partial charge < -0.3 is 14.5 Å². The van der Waals surface area contributed by atoms with Crippen molar-refractivity contribution in [2.24, 2.45) is 0 Å². The second kappa shape index (κ2) is 7.96. The lowest BCUT2D eigenvalue weighted by atomic mass is 10.0. The number of benzene rings is 2. The van der Waals surface area contributed by atoms with Gasteiger partial charge in [0.1, 0.15) is 11.3 Å². The van der Waals surface area contributed by atoms with Crippen LogP contribution < -0.4 is 10.1 Å². The number of furan rings is 1. The Kier molecular flexibility index (Phi) is 5.44. The van der Waals surface area contributed by atoms with Gasteiger partial charge in [-0.25, -0.2) is 0 Å². The molecule has 0 saturated carbocycles. The molecule has 0 radical (unpaired) electrons. The number of aryl methyl sites for hydroxylation is 1. The van der Waals surface area contributed by atoms with Crippen LogP contribution in [-0.4, -0.2) is 17.4 Å². The summed E-state index contributed by atoms with van der Waals surface area (Å²) in [5, 5.41) is 14.5. The molecular weight excluding hydrogens is 360 g/mol. The lowest BCUT2D eigenvalue weighted by Gasteiger charge is -2.11. The van der Waals surface area contributed by atoms with Crippen LogP contribution in [0, 0.1) is 17.0 Å². The van der Waals surface area contributed by atoms with E-state index in [1.165, 1.54) is 24.3 Å². The van der Waals surface area contributed by atoms with Gasteiger partial charge in [0.2, 0.25) is 5.91 Å². The van der Waals surface area contributed by atoms with Crippen molar-refractivity contribution in [3.63, 3.8) is 0 Å². The third-order valence-electron chi connectivity index (χ3n) is 4.27. The molecule has 0 aliphatic rings. The highest BCUT2D eigenvalue weighted by molar-refractivity contribution is 6.04. The fraction of sp³-hybridized carbons (Fsp3) is 0.190. The first-order chi connectivity index (χ1) is 13.4. The number of nitro groups is 1. The van der Waals surface area contributed by atoms with Gasteiger partial charge in [-0.3, -0.25) is 14.9 Å². The molecule has 1 N–H and O–H groups in total. The lowest BCUT2D eigenvalue weighted by molar-refractivity contribution is -0.384. The summed E-state index contributed by atoms with van der Waals surface area (Å²) in [6, 6.07) is 9.55. The quantitative estimate of drug-likeness (QED) is 0.365. The van der Waals surface area contributed by atoms with Crippen molar-refractivity contribution in [1.82, 2.24) is 0 Å². The van der Waals surface area contributed by atoms with E-state index >= 15 is 0 Å². The minimum Gasteiger partial charge on any atom is -0.493 e. The minimum atomic E-state index is -0.506. The third-order valence-corrected chi connectivity index (χ3v) is 4.27. The van der Waals surface area contributed by atoms with Crippen LogP contribution in [0.5, 0.6) is 5.75 Å². The van der Waals surface area contributed by atoms with Crippen molar-refractivity contribution in [1.29, 1.82) is 0 Å². The summed E-state index contributed by atoms with van der Waals surface area (Å²) in [5.74, 6) is 0.241. The normalized spacial score (nSPS) is 11.5. The van der Waals surface area contributed by atoms with Crippen LogP contribution in [0.3, 0.4) is 0 Å². The molecule has 1 aromatic heterocycles. The zero-order valence-corrected chi connectivity index (χ0v) is 15.8. The average molecular weight is 380 g/mol. The molecule has 0 aliphatic carbocycles. The van der Waals surface area contributed by atoms with Crippen molar-refractivity contribution >= 4 is 33.8 Å². The summed E-state index contributed by atoms with van der Waals surface area (Å²) >= 11 is 0. The number of hydrogen-bond donors (Lipinski definition) is 1. The SMILES string of the molecule is CCOc1cc2occ(C)c2cc1/C(C)=C/C(=O)Nc1cccc([N+](=O)[O-])c1. The number of carbonyl (C=O) groups is 1. The summed E-state index contributed by atoms with van der Waals surface area (Å²) in [4.78, 5) is 22.8. The average Bonchev–Trinajstić information content (AvgIpc) is 3.01. The van der Waals surface area contributed by atoms with E-state index < -0.39 is 4.92 Å². The van der Waals surface area contributed by atoms with E-state index in [1.807, 2.05) is 32.9 Å². The van der Waals surface area contributed by atoms with Crippen LogP contribution in [0.4, 0.5) is 11.4 Å². The molecule has 144 valence electrons. The Morgan fingerprint density at radius 2 is 2.11 bits per heavy atom. The Morgan fingerprint density at radius 1 is 1.32 bits per heavy atom. The minimum absolute atomic E-state index is 0.0852. The summed E-state index contributed by atoms with van der Waals surface area (Å²) in [6.45, 7) is 6.12. The Bertz CT molecular complexity index is 1080. The number of nitro benzene ring substituents is 1. The molecule has 3 aromatic rings. The molecule has 0 unspecified atom stereocenters. The molecule has 3 rings (SSSR count). The van der Waals surface area contributed by atoms with E-state index in [-0.39, 0.29) is 11.6 Å². The number of hydrogen-bond acceptors (Lipinski definition) is 5. The largest absolute Gasteiger partial charge is 0.493 e. The van der Waals surface area contributed by atoms with Crippen molar-refractivity contribution in [3.8, 4) is 5.75 Å². The Balaban J connectivity index is 1.90. The van der Waals surface area contributed by atoms with Crippen molar-refractivity contribution in [3.05, 3.63) is 70.0 Å². The number of nitrogens with one attached hydrogen (secondary N) is 1. The first-order valence-electron chi connectivity index (χ1n) is 8.77. The molecule has 1 amide bonds. The maximum absolute atomic E-state index is 12.4. The third kappa shape index (κ3) is 4.03. The summed E-state index contributed by atoms with van der Waals surface area (Å²) in [7, 11) is 0. The predicted octanol–water partition coefficient (Wildman–Crippen LogP) is 5.09. The maximum atomic E-state index is 12.4. The molecule has 1 heterocycles. The Labute approximate surface area is 161 Å². The zero-order valence-electron chi connectivity index (χ0n) is 15.8. The summed E-state index contributed by atoms with van der Waals surface area (Å²) < 4.78 is 11.2. The molecule has 28 heavy (non-hydrogen) atoms. The number of allylic oxidation sites excluding steroid dienone is 1. The number of carbonyl (C=O) groups excluding carboxylic acids is 1. The van der Waals surface area contributed by atoms with Crippen LogP contribution >= 0.6 is 0 Å². The van der Waals surface area contributed by atoms with Crippen molar-refractivity contribution < 1.29 is 18.9 Å². The van der Waals surface area contributed by atoms with Gasteiger partial charge in [-0.05, 0) is 44.0 Å². The number of ether oxygens (including phenoxy) is 1.